The van der Waals surface area contributed by atoms with Crippen LogP contribution in [0.5, 0.6) is 0 Å². The number of rotatable bonds is 10. The van der Waals surface area contributed by atoms with E-state index in [4.69, 9.17) is 22.1 Å². The van der Waals surface area contributed by atoms with Crippen molar-refractivity contribution in [2.45, 2.75) is 91.0 Å². The fraction of sp³-hybridized carbons (Fsp3) is 0.643. The number of halogens is 1. The molecule has 1 aliphatic rings. The predicted octanol–water partition coefficient (Wildman–Crippen LogP) is 6.08. The summed E-state index contributed by atoms with van der Waals surface area (Å²) in [6.07, 6.45) is 9.57. The van der Waals surface area contributed by atoms with Crippen LogP contribution in [0.1, 0.15) is 83.5 Å². The zero-order chi connectivity index (χ0) is 26.9. The lowest BCUT2D eigenvalue weighted by Gasteiger charge is -2.44. The van der Waals surface area contributed by atoms with Gasteiger partial charge < -0.3 is 20.7 Å². The van der Waals surface area contributed by atoms with Crippen molar-refractivity contribution in [1.82, 2.24) is 15.1 Å². The average Bonchev–Trinajstić information content (AvgIpc) is 2.81. The van der Waals surface area contributed by atoms with Gasteiger partial charge in [0.05, 0.1) is 16.8 Å². The molecule has 0 spiro atoms. The molecule has 1 atom stereocenters. The molecule has 3 N–H and O–H groups in total. The molecular formula is C28H45ClN4O3. The van der Waals surface area contributed by atoms with Gasteiger partial charge in [0.15, 0.2) is 0 Å². The van der Waals surface area contributed by atoms with E-state index in [0.29, 0.717) is 34.8 Å². The van der Waals surface area contributed by atoms with E-state index in [2.05, 4.69) is 36.2 Å². The first kappa shape index (κ1) is 30.0. The molecule has 202 valence electrons. The molecule has 1 aliphatic carbocycles. The van der Waals surface area contributed by atoms with Crippen molar-refractivity contribution >= 4 is 29.3 Å². The Kier molecular flexibility index (Phi) is 11.6. The van der Waals surface area contributed by atoms with Crippen molar-refractivity contribution in [2.24, 2.45) is 5.92 Å². The molecule has 0 saturated heterocycles. The maximum absolute atomic E-state index is 13.5. The first-order valence-electron chi connectivity index (χ1n) is 13.2. The molecule has 1 fully saturated rings. The minimum Gasteiger partial charge on any atom is -0.444 e. The molecule has 0 radical (unpaired) electrons. The van der Waals surface area contributed by atoms with Gasteiger partial charge in [-0.15, -0.1) is 0 Å². The zero-order valence-corrected chi connectivity index (χ0v) is 23.6. The average molecular weight is 521 g/mol. The van der Waals surface area contributed by atoms with Crippen LogP contribution in [0, 0.1) is 5.92 Å². The number of carbonyl (C=O) groups excluding carboxylic acids is 2. The number of hydrogen-bond donors (Lipinski definition) is 2. The molecule has 7 nitrogen and oxygen atoms in total. The largest absolute Gasteiger partial charge is 0.444 e. The lowest BCUT2D eigenvalue weighted by molar-refractivity contribution is 0.0135. The molecule has 0 aliphatic heterocycles. The van der Waals surface area contributed by atoms with Gasteiger partial charge in [0.25, 0.3) is 5.91 Å². The van der Waals surface area contributed by atoms with Crippen molar-refractivity contribution < 1.29 is 14.3 Å². The highest BCUT2D eigenvalue weighted by atomic mass is 35.5. The molecule has 1 aromatic carbocycles. The van der Waals surface area contributed by atoms with Gasteiger partial charge in [-0.3, -0.25) is 9.69 Å². The van der Waals surface area contributed by atoms with E-state index in [1.165, 1.54) is 0 Å². The Hall–Kier alpha value is -2.25. The monoisotopic (exact) mass is 520 g/mol. The summed E-state index contributed by atoms with van der Waals surface area (Å²) in [5.74, 6) is 0.259. The van der Waals surface area contributed by atoms with Crippen molar-refractivity contribution in [3.8, 4) is 0 Å². The van der Waals surface area contributed by atoms with Crippen molar-refractivity contribution in [3.05, 3.63) is 40.9 Å². The Morgan fingerprint density at radius 1 is 1.19 bits per heavy atom. The number of hydrogen-bond acceptors (Lipinski definition) is 5. The number of nitrogens with two attached hydrogens (primary N) is 1. The summed E-state index contributed by atoms with van der Waals surface area (Å²) in [6.45, 7) is 11.3. The second-order valence-electron chi connectivity index (χ2n) is 10.6. The normalized spacial score (nSPS) is 19.3. The number of allylic oxidation sites excluding steroid dienone is 1. The molecule has 0 aromatic heterocycles. The molecule has 8 heteroatoms. The molecule has 1 unspecified atom stereocenters. The lowest BCUT2D eigenvalue weighted by Crippen LogP contribution is -2.54. The molecule has 0 bridgehead atoms. The summed E-state index contributed by atoms with van der Waals surface area (Å²) >= 11 is 6.37. The molecule has 1 saturated carbocycles. The first-order chi connectivity index (χ1) is 17.0. The van der Waals surface area contributed by atoms with Crippen LogP contribution in [-0.4, -0.2) is 59.7 Å². The van der Waals surface area contributed by atoms with Gasteiger partial charge in [0, 0.05) is 25.3 Å². The van der Waals surface area contributed by atoms with Gasteiger partial charge in [-0.1, -0.05) is 43.7 Å². The van der Waals surface area contributed by atoms with Crippen LogP contribution in [0.4, 0.5) is 10.5 Å². The second-order valence-corrected chi connectivity index (χ2v) is 11.0. The smallest absolute Gasteiger partial charge is 0.407 e. The topological polar surface area (TPSA) is 87.9 Å². The number of nitrogens with one attached hydrogen (secondary N) is 1. The van der Waals surface area contributed by atoms with E-state index < -0.39 is 5.60 Å². The number of ether oxygens (including phenoxy) is 1. The molecule has 2 rings (SSSR count). The van der Waals surface area contributed by atoms with E-state index in [1.807, 2.05) is 27.8 Å². The first-order valence-corrected chi connectivity index (χ1v) is 13.5. The van der Waals surface area contributed by atoms with Gasteiger partial charge >= 0.3 is 6.09 Å². The summed E-state index contributed by atoms with van der Waals surface area (Å²) in [5, 5.41) is 3.30. The van der Waals surface area contributed by atoms with Crippen LogP contribution < -0.4 is 11.1 Å². The van der Waals surface area contributed by atoms with Gasteiger partial charge in [-0.05, 0) is 83.9 Å². The van der Waals surface area contributed by atoms with Gasteiger partial charge in [-0.2, -0.15) is 0 Å². The van der Waals surface area contributed by atoms with Crippen LogP contribution in [-0.2, 0) is 4.74 Å². The summed E-state index contributed by atoms with van der Waals surface area (Å²) in [7, 11) is 1.84. The summed E-state index contributed by atoms with van der Waals surface area (Å²) in [6, 6.07) is 5.52. The molecule has 0 heterocycles. The summed E-state index contributed by atoms with van der Waals surface area (Å²) in [4.78, 5) is 29.8. The third kappa shape index (κ3) is 8.70. The van der Waals surface area contributed by atoms with E-state index >= 15 is 0 Å². The number of carbonyl (C=O) groups is 2. The third-order valence-corrected chi connectivity index (χ3v) is 7.06. The van der Waals surface area contributed by atoms with Crippen LogP contribution in [0.2, 0.25) is 5.02 Å². The van der Waals surface area contributed by atoms with Crippen molar-refractivity contribution in [2.75, 3.05) is 25.9 Å². The Morgan fingerprint density at radius 2 is 1.86 bits per heavy atom. The fourth-order valence-electron chi connectivity index (χ4n) is 4.91. The SMILES string of the molecule is CC/C=C\CC(N(C)C(=O)c1c(N)cccc1Cl)N(CC)C1CCC(CNC(=O)OC(C)(C)C)CC1. The minimum atomic E-state index is -0.497. The van der Waals surface area contributed by atoms with E-state index in [1.54, 1.807) is 23.1 Å². The van der Waals surface area contributed by atoms with E-state index in [0.717, 1.165) is 45.1 Å². The van der Waals surface area contributed by atoms with Crippen molar-refractivity contribution in [1.29, 1.82) is 0 Å². The highest BCUT2D eigenvalue weighted by Gasteiger charge is 2.34. The predicted molar refractivity (Wildman–Crippen MR) is 148 cm³/mol. The quantitative estimate of drug-likeness (QED) is 0.221. The molecular weight excluding hydrogens is 476 g/mol. The highest BCUT2D eigenvalue weighted by Crippen LogP contribution is 2.31. The van der Waals surface area contributed by atoms with Gasteiger partial charge in [0.1, 0.15) is 5.60 Å². The lowest BCUT2D eigenvalue weighted by atomic mass is 9.85. The Morgan fingerprint density at radius 3 is 2.42 bits per heavy atom. The van der Waals surface area contributed by atoms with E-state index in [-0.39, 0.29) is 18.2 Å². The van der Waals surface area contributed by atoms with Crippen molar-refractivity contribution in [3.63, 3.8) is 0 Å². The number of nitrogens with zero attached hydrogens (tertiary/aromatic N) is 2. The summed E-state index contributed by atoms with van der Waals surface area (Å²) < 4.78 is 5.37. The minimum absolute atomic E-state index is 0.109. The molecule has 2 amide bonds. The number of benzene rings is 1. The molecule has 36 heavy (non-hydrogen) atoms. The van der Waals surface area contributed by atoms with Crippen LogP contribution in [0.15, 0.2) is 30.4 Å². The Balaban J connectivity index is 2.09. The number of nitrogen functional groups attached to an aromatic ring is 1. The highest BCUT2D eigenvalue weighted by molar-refractivity contribution is 6.34. The van der Waals surface area contributed by atoms with Crippen LogP contribution in [0.25, 0.3) is 0 Å². The fourth-order valence-corrected chi connectivity index (χ4v) is 5.18. The standard InChI is InChI=1S/C28H45ClN4O3/c1-7-9-10-14-24(32(6)26(34)25-22(29)12-11-13-23(25)30)33(8-2)21-17-15-20(16-18-21)19-31-27(35)36-28(3,4)5/h9-13,20-21,24H,7-8,14-19,30H2,1-6H3,(H,31,35)/b10-9-. The maximum Gasteiger partial charge on any atom is 0.407 e. The second kappa shape index (κ2) is 13.9. The van der Waals surface area contributed by atoms with E-state index in [9.17, 15) is 9.59 Å². The van der Waals surface area contributed by atoms with Crippen LogP contribution in [0.3, 0.4) is 0 Å². The Bertz CT molecular complexity index is 871. The summed E-state index contributed by atoms with van der Waals surface area (Å²) in [5.41, 5.74) is 6.39. The number of anilines is 1. The van der Waals surface area contributed by atoms with Crippen LogP contribution >= 0.6 is 11.6 Å². The molecule has 1 aromatic rings. The Labute approximate surface area is 222 Å². The number of alkyl carbamates (subject to hydrolysis) is 1. The third-order valence-electron chi connectivity index (χ3n) is 6.74. The van der Waals surface area contributed by atoms with Gasteiger partial charge in [0.2, 0.25) is 0 Å². The zero-order valence-electron chi connectivity index (χ0n) is 22.9. The maximum atomic E-state index is 13.5. The number of amides is 2. The van der Waals surface area contributed by atoms with Gasteiger partial charge in [-0.25, -0.2) is 4.79 Å².